The van der Waals surface area contributed by atoms with Gasteiger partial charge in [-0.15, -0.1) is 0 Å². The molecule has 2 atom stereocenters. The van der Waals surface area contributed by atoms with Gasteiger partial charge in [-0.2, -0.15) is 11.8 Å². The third kappa shape index (κ3) is 3.34. The van der Waals surface area contributed by atoms with Gasteiger partial charge in [0, 0.05) is 11.1 Å². The average Bonchev–Trinajstić information content (AvgIpc) is 2.50. The molecule has 0 bridgehead atoms. The fourth-order valence-electron chi connectivity index (χ4n) is 3.63. The lowest BCUT2D eigenvalue weighted by Gasteiger charge is -2.44. The van der Waals surface area contributed by atoms with Crippen molar-refractivity contribution in [3.8, 4) is 0 Å². The minimum Gasteiger partial charge on any atom is -0.388 e. The maximum atomic E-state index is 10.9. The lowest BCUT2D eigenvalue weighted by molar-refractivity contribution is -0.121. The number of aliphatic hydroxyl groups is 1. The Bertz CT molecular complexity index is 494. The number of rotatable bonds is 2. The number of hydrogen-bond donors (Lipinski definition) is 1. The van der Waals surface area contributed by atoms with E-state index in [2.05, 4.69) is 28.9 Å². The van der Waals surface area contributed by atoms with Crippen LogP contribution < -0.4 is 0 Å². The summed E-state index contributed by atoms with van der Waals surface area (Å²) in [6.45, 7) is 2.87. The largest absolute Gasteiger partial charge is 0.388 e. The Morgan fingerprint density at radius 3 is 2.90 bits per heavy atom. The number of halogens is 1. The Balaban J connectivity index is 1.78. The van der Waals surface area contributed by atoms with Gasteiger partial charge in [0.1, 0.15) is 0 Å². The van der Waals surface area contributed by atoms with Gasteiger partial charge in [-0.1, -0.05) is 28.1 Å². The minimum absolute atomic E-state index is 0.0368. The Morgan fingerprint density at radius 2 is 2.14 bits per heavy atom. The summed E-state index contributed by atoms with van der Waals surface area (Å²) in [5.41, 5.74) is 2.26. The Morgan fingerprint density at radius 1 is 1.38 bits per heavy atom. The van der Waals surface area contributed by atoms with Crippen LogP contribution in [0.4, 0.5) is 0 Å². The number of aliphatic hydroxyl groups excluding tert-OH is 1. The molecular formula is C17H23BrO2S. The summed E-state index contributed by atoms with van der Waals surface area (Å²) in [4.78, 5) is 0. The molecule has 2 nitrogen and oxygen atoms in total. The third-order valence-electron chi connectivity index (χ3n) is 5.01. The molecule has 116 valence electrons. The number of hydrogen-bond acceptors (Lipinski definition) is 3. The summed E-state index contributed by atoms with van der Waals surface area (Å²) in [5.74, 6) is 2.70. The van der Waals surface area contributed by atoms with E-state index in [9.17, 15) is 5.11 Å². The van der Waals surface area contributed by atoms with Gasteiger partial charge >= 0.3 is 0 Å². The van der Waals surface area contributed by atoms with Gasteiger partial charge < -0.3 is 9.84 Å². The van der Waals surface area contributed by atoms with Crippen LogP contribution in [0.1, 0.15) is 42.9 Å². The second-order valence-corrected chi connectivity index (χ2v) is 8.37. The highest BCUT2D eigenvalue weighted by Gasteiger charge is 2.41. The Hall–Kier alpha value is -0.0300. The first-order chi connectivity index (χ1) is 10.1. The zero-order chi connectivity index (χ0) is 14.9. The monoisotopic (exact) mass is 370 g/mol. The summed E-state index contributed by atoms with van der Waals surface area (Å²) >= 11 is 5.59. The fraction of sp³-hybridized carbons (Fsp3) is 0.647. The molecule has 3 rings (SSSR count). The van der Waals surface area contributed by atoms with Gasteiger partial charge in [0.15, 0.2) is 0 Å². The van der Waals surface area contributed by atoms with Crippen LogP contribution in [-0.2, 0) is 4.74 Å². The second kappa shape index (κ2) is 6.61. The van der Waals surface area contributed by atoms with E-state index in [1.165, 1.54) is 11.5 Å². The van der Waals surface area contributed by atoms with Crippen molar-refractivity contribution in [2.75, 3.05) is 18.1 Å². The van der Waals surface area contributed by atoms with Crippen molar-refractivity contribution in [3.05, 3.63) is 33.8 Å². The summed E-state index contributed by atoms with van der Waals surface area (Å²) < 4.78 is 7.22. The molecule has 2 heterocycles. The molecule has 2 fully saturated rings. The standard InChI is InChI=1S/C17H23BrO2S/c1-12-14(3-2-4-15(12)18)16(19)13-5-8-20-17(11-13)6-9-21-10-7-17/h2-4,13,16,19H,5-11H2,1H3. The molecule has 2 aliphatic rings. The van der Waals surface area contributed by atoms with E-state index >= 15 is 0 Å². The van der Waals surface area contributed by atoms with Gasteiger partial charge in [-0.3, -0.25) is 0 Å². The van der Waals surface area contributed by atoms with Crippen LogP contribution in [0.15, 0.2) is 22.7 Å². The van der Waals surface area contributed by atoms with Gasteiger partial charge in [0.05, 0.1) is 11.7 Å². The molecule has 2 aliphatic heterocycles. The number of benzene rings is 1. The normalized spacial score (nSPS) is 26.7. The van der Waals surface area contributed by atoms with Gasteiger partial charge in [-0.25, -0.2) is 0 Å². The van der Waals surface area contributed by atoms with Crippen LogP contribution >= 0.6 is 27.7 Å². The van der Waals surface area contributed by atoms with Crippen LogP contribution in [0, 0.1) is 12.8 Å². The molecule has 1 spiro atoms. The van der Waals surface area contributed by atoms with Crippen molar-refractivity contribution in [1.82, 2.24) is 0 Å². The van der Waals surface area contributed by atoms with E-state index in [4.69, 9.17) is 4.74 Å². The second-order valence-electron chi connectivity index (χ2n) is 6.30. The molecule has 2 unspecified atom stereocenters. The zero-order valence-corrected chi connectivity index (χ0v) is 14.9. The highest BCUT2D eigenvalue weighted by atomic mass is 79.9. The van der Waals surface area contributed by atoms with Crippen LogP contribution in [0.5, 0.6) is 0 Å². The van der Waals surface area contributed by atoms with Gasteiger partial charge in [0.2, 0.25) is 0 Å². The van der Waals surface area contributed by atoms with E-state index < -0.39 is 0 Å². The van der Waals surface area contributed by atoms with Crippen molar-refractivity contribution in [3.63, 3.8) is 0 Å². The molecule has 0 amide bonds. The van der Waals surface area contributed by atoms with Gasteiger partial charge in [-0.05, 0) is 67.2 Å². The molecule has 4 heteroatoms. The molecular weight excluding hydrogens is 348 g/mol. The first-order valence-corrected chi connectivity index (χ1v) is 9.71. The van der Waals surface area contributed by atoms with Crippen molar-refractivity contribution in [2.24, 2.45) is 5.92 Å². The lowest BCUT2D eigenvalue weighted by Crippen LogP contribution is -2.44. The average molecular weight is 371 g/mol. The van der Waals surface area contributed by atoms with Crippen LogP contribution in [-0.4, -0.2) is 28.8 Å². The summed E-state index contributed by atoms with van der Waals surface area (Å²) in [5, 5.41) is 10.9. The van der Waals surface area contributed by atoms with Crippen LogP contribution in [0.3, 0.4) is 0 Å². The van der Waals surface area contributed by atoms with Crippen molar-refractivity contribution >= 4 is 27.7 Å². The molecule has 0 saturated carbocycles. The minimum atomic E-state index is -0.377. The highest BCUT2D eigenvalue weighted by Crippen LogP contribution is 2.44. The molecule has 1 aromatic rings. The highest BCUT2D eigenvalue weighted by molar-refractivity contribution is 9.10. The molecule has 0 aliphatic carbocycles. The van der Waals surface area contributed by atoms with E-state index in [0.29, 0.717) is 5.92 Å². The number of ether oxygens (including phenoxy) is 1. The first-order valence-electron chi connectivity index (χ1n) is 7.76. The topological polar surface area (TPSA) is 29.5 Å². The lowest BCUT2D eigenvalue weighted by atomic mass is 9.77. The van der Waals surface area contributed by atoms with Crippen LogP contribution in [0.25, 0.3) is 0 Å². The van der Waals surface area contributed by atoms with Crippen LogP contribution in [0.2, 0.25) is 0 Å². The quantitative estimate of drug-likeness (QED) is 0.831. The smallest absolute Gasteiger partial charge is 0.0823 e. The fourth-order valence-corrected chi connectivity index (χ4v) is 5.24. The first kappa shape index (κ1) is 15.9. The summed E-state index contributed by atoms with van der Waals surface area (Å²) in [6.07, 6.45) is 3.86. The summed E-state index contributed by atoms with van der Waals surface area (Å²) in [7, 11) is 0. The Labute approximate surface area is 139 Å². The SMILES string of the molecule is Cc1c(Br)cccc1C(O)C1CCOC2(CCSCC2)C1. The van der Waals surface area contributed by atoms with E-state index in [1.807, 2.05) is 23.9 Å². The van der Waals surface area contributed by atoms with Crippen molar-refractivity contribution < 1.29 is 9.84 Å². The summed E-state index contributed by atoms with van der Waals surface area (Å²) in [6, 6.07) is 6.11. The molecule has 0 radical (unpaired) electrons. The van der Waals surface area contributed by atoms with E-state index in [1.54, 1.807) is 0 Å². The molecule has 2 saturated heterocycles. The zero-order valence-electron chi connectivity index (χ0n) is 12.5. The van der Waals surface area contributed by atoms with E-state index in [-0.39, 0.29) is 11.7 Å². The maximum Gasteiger partial charge on any atom is 0.0823 e. The molecule has 0 aromatic heterocycles. The molecule has 21 heavy (non-hydrogen) atoms. The van der Waals surface area contributed by atoms with Gasteiger partial charge in [0.25, 0.3) is 0 Å². The predicted molar refractivity (Wildman–Crippen MR) is 91.8 cm³/mol. The maximum absolute atomic E-state index is 10.9. The number of thioether (sulfide) groups is 1. The van der Waals surface area contributed by atoms with Crippen molar-refractivity contribution in [1.29, 1.82) is 0 Å². The third-order valence-corrected chi connectivity index (χ3v) is 6.85. The van der Waals surface area contributed by atoms with E-state index in [0.717, 1.165) is 47.9 Å². The predicted octanol–water partition coefficient (Wildman–Crippen LogP) is 4.48. The molecule has 1 N–H and O–H groups in total. The van der Waals surface area contributed by atoms with Crippen molar-refractivity contribution in [2.45, 2.75) is 44.3 Å². The molecule has 1 aromatic carbocycles. The Kier molecular flexibility index (Phi) is 4.99.